The third kappa shape index (κ3) is 1.92. The van der Waals surface area contributed by atoms with Crippen molar-refractivity contribution >= 4 is 7.85 Å². The van der Waals surface area contributed by atoms with Crippen molar-refractivity contribution < 1.29 is 0 Å². The third-order valence-corrected chi connectivity index (χ3v) is 2.51. The van der Waals surface area contributed by atoms with Gasteiger partial charge >= 0.3 is 0 Å². The quantitative estimate of drug-likeness (QED) is 0.564. The Labute approximate surface area is 80.4 Å². The van der Waals surface area contributed by atoms with E-state index in [2.05, 4.69) is 56.4 Å². The molecule has 0 radical (unpaired) electrons. The van der Waals surface area contributed by atoms with Gasteiger partial charge in [0.2, 0.25) is 0 Å². The number of hydrogen-bond donors (Lipinski definition) is 0. The second-order valence-electron chi connectivity index (χ2n) is 3.56. The Hall–Kier alpha value is -1.24. The smallest absolute Gasteiger partial charge is 0.0931 e. The molecular formula is C12H13B. The predicted molar refractivity (Wildman–Crippen MR) is 59.6 cm³/mol. The first-order chi connectivity index (χ1) is 6.36. The van der Waals surface area contributed by atoms with Gasteiger partial charge in [-0.3, -0.25) is 0 Å². The van der Waals surface area contributed by atoms with Crippen molar-refractivity contribution in [2.45, 2.75) is 12.3 Å². The van der Waals surface area contributed by atoms with Gasteiger partial charge in [0.05, 0.1) is 0 Å². The van der Waals surface area contributed by atoms with Crippen LogP contribution in [0.2, 0.25) is 0 Å². The fourth-order valence-corrected chi connectivity index (χ4v) is 1.67. The van der Waals surface area contributed by atoms with Gasteiger partial charge in [0.1, 0.15) is 7.85 Å². The lowest BCUT2D eigenvalue weighted by molar-refractivity contribution is 0.851. The Morgan fingerprint density at radius 3 is 2.54 bits per heavy atom. The molecule has 0 fully saturated rings. The molecule has 13 heavy (non-hydrogen) atoms. The Balaban J connectivity index is 2.18. The first-order valence-electron chi connectivity index (χ1n) is 4.76. The number of rotatable bonds is 1. The topological polar surface area (TPSA) is 0 Å². The lowest BCUT2D eigenvalue weighted by Crippen LogP contribution is -1.98. The minimum Gasteiger partial charge on any atom is -0.0931 e. The molecule has 0 saturated carbocycles. The SMILES string of the molecule is BC1=CC[C@H](c2ccccc2)C=C1. The summed E-state index contributed by atoms with van der Waals surface area (Å²) in [7, 11) is 2.15. The van der Waals surface area contributed by atoms with Crippen LogP contribution in [0.3, 0.4) is 0 Å². The van der Waals surface area contributed by atoms with Crippen molar-refractivity contribution in [3.63, 3.8) is 0 Å². The van der Waals surface area contributed by atoms with Crippen LogP contribution in [0.15, 0.2) is 54.0 Å². The maximum Gasteiger partial charge on any atom is 0.138 e. The summed E-state index contributed by atoms with van der Waals surface area (Å²) in [4.78, 5) is 0. The van der Waals surface area contributed by atoms with Gasteiger partial charge < -0.3 is 0 Å². The fourth-order valence-electron chi connectivity index (χ4n) is 1.67. The van der Waals surface area contributed by atoms with Crippen LogP contribution in [0.4, 0.5) is 0 Å². The van der Waals surface area contributed by atoms with Gasteiger partial charge in [-0.2, -0.15) is 0 Å². The van der Waals surface area contributed by atoms with Gasteiger partial charge in [-0.05, 0) is 12.0 Å². The highest BCUT2D eigenvalue weighted by atomic mass is 14.1. The molecule has 0 N–H and O–H groups in total. The van der Waals surface area contributed by atoms with E-state index in [1.807, 2.05) is 0 Å². The minimum absolute atomic E-state index is 0.588. The van der Waals surface area contributed by atoms with Crippen LogP contribution in [0.25, 0.3) is 0 Å². The monoisotopic (exact) mass is 168 g/mol. The van der Waals surface area contributed by atoms with E-state index in [0.29, 0.717) is 5.92 Å². The molecule has 0 amide bonds. The van der Waals surface area contributed by atoms with Crippen LogP contribution in [-0.2, 0) is 0 Å². The van der Waals surface area contributed by atoms with Crippen LogP contribution in [0.1, 0.15) is 17.9 Å². The summed E-state index contributed by atoms with van der Waals surface area (Å²) in [6, 6.07) is 10.7. The molecule has 2 rings (SSSR count). The summed E-state index contributed by atoms with van der Waals surface area (Å²) >= 11 is 0. The van der Waals surface area contributed by atoms with E-state index in [-0.39, 0.29) is 0 Å². The molecule has 1 aliphatic carbocycles. The average Bonchev–Trinajstić information content (AvgIpc) is 2.20. The van der Waals surface area contributed by atoms with Crippen molar-refractivity contribution in [1.82, 2.24) is 0 Å². The Bertz CT molecular complexity index is 335. The van der Waals surface area contributed by atoms with Crippen molar-refractivity contribution in [3.05, 3.63) is 59.6 Å². The van der Waals surface area contributed by atoms with Crippen molar-refractivity contribution in [2.24, 2.45) is 0 Å². The predicted octanol–water partition coefficient (Wildman–Crippen LogP) is 2.25. The van der Waals surface area contributed by atoms with Gasteiger partial charge in [0, 0.05) is 5.92 Å². The van der Waals surface area contributed by atoms with Crippen molar-refractivity contribution in [1.29, 1.82) is 0 Å². The summed E-state index contributed by atoms with van der Waals surface area (Å²) in [6.45, 7) is 0. The van der Waals surface area contributed by atoms with Gasteiger partial charge in [-0.1, -0.05) is 54.0 Å². The van der Waals surface area contributed by atoms with Crippen LogP contribution < -0.4 is 0 Å². The van der Waals surface area contributed by atoms with E-state index in [9.17, 15) is 0 Å². The zero-order valence-corrected chi connectivity index (χ0v) is 7.90. The maximum absolute atomic E-state index is 2.30. The van der Waals surface area contributed by atoms with Crippen LogP contribution >= 0.6 is 0 Å². The second kappa shape index (κ2) is 3.65. The molecule has 64 valence electrons. The van der Waals surface area contributed by atoms with Crippen LogP contribution in [0.5, 0.6) is 0 Å². The Kier molecular flexibility index (Phi) is 2.35. The molecule has 0 saturated heterocycles. The van der Waals surface area contributed by atoms with Gasteiger partial charge in [-0.25, -0.2) is 0 Å². The molecule has 0 heterocycles. The second-order valence-corrected chi connectivity index (χ2v) is 3.56. The molecule has 0 spiro atoms. The number of benzene rings is 1. The molecule has 0 nitrogen and oxygen atoms in total. The first-order valence-corrected chi connectivity index (χ1v) is 4.76. The van der Waals surface area contributed by atoms with E-state index < -0.39 is 0 Å². The van der Waals surface area contributed by atoms with E-state index in [1.165, 1.54) is 11.0 Å². The fraction of sp³-hybridized carbons (Fsp3) is 0.167. The van der Waals surface area contributed by atoms with Gasteiger partial charge in [-0.15, -0.1) is 0 Å². The van der Waals surface area contributed by atoms with Crippen molar-refractivity contribution in [2.75, 3.05) is 0 Å². The molecular weight excluding hydrogens is 155 g/mol. The third-order valence-electron chi connectivity index (χ3n) is 2.51. The summed E-state index contributed by atoms with van der Waals surface area (Å²) in [6.07, 6.45) is 7.95. The minimum atomic E-state index is 0.588. The zero-order chi connectivity index (χ0) is 9.10. The zero-order valence-electron chi connectivity index (χ0n) is 7.90. The van der Waals surface area contributed by atoms with E-state index in [4.69, 9.17) is 0 Å². The maximum atomic E-state index is 2.30. The Morgan fingerprint density at radius 2 is 1.92 bits per heavy atom. The van der Waals surface area contributed by atoms with Gasteiger partial charge in [0.15, 0.2) is 0 Å². The molecule has 1 aliphatic rings. The van der Waals surface area contributed by atoms with E-state index in [0.717, 1.165) is 6.42 Å². The standard InChI is InChI=1S/C12H13B/c13-12-8-6-11(7-9-12)10-4-2-1-3-5-10/h1-6,8-9,11H,7,13H2/t11-/m1/s1. The first kappa shape index (κ1) is 8.37. The highest BCUT2D eigenvalue weighted by molar-refractivity contribution is 6.23. The van der Waals surface area contributed by atoms with E-state index in [1.54, 1.807) is 0 Å². The largest absolute Gasteiger partial charge is 0.138 e. The Morgan fingerprint density at radius 1 is 1.15 bits per heavy atom. The molecule has 0 unspecified atom stereocenters. The molecule has 0 aliphatic heterocycles. The van der Waals surface area contributed by atoms with Gasteiger partial charge in [0.25, 0.3) is 0 Å². The van der Waals surface area contributed by atoms with E-state index >= 15 is 0 Å². The van der Waals surface area contributed by atoms with Crippen LogP contribution in [-0.4, -0.2) is 7.85 Å². The normalized spacial score (nSPS) is 21.2. The summed E-state index contributed by atoms with van der Waals surface area (Å²) in [5.41, 5.74) is 2.80. The number of hydrogen-bond acceptors (Lipinski definition) is 0. The highest BCUT2D eigenvalue weighted by Crippen LogP contribution is 2.25. The highest BCUT2D eigenvalue weighted by Gasteiger charge is 2.08. The number of allylic oxidation sites excluding steroid dienone is 4. The molecule has 1 aromatic rings. The van der Waals surface area contributed by atoms with Crippen molar-refractivity contribution in [3.8, 4) is 0 Å². The molecule has 1 heteroatoms. The lowest BCUT2D eigenvalue weighted by atomic mass is 9.84. The summed E-state index contributed by atoms with van der Waals surface area (Å²) in [5.74, 6) is 0.588. The molecule has 0 bridgehead atoms. The summed E-state index contributed by atoms with van der Waals surface area (Å²) in [5, 5.41) is 0. The lowest BCUT2D eigenvalue weighted by Gasteiger charge is -2.14. The molecule has 1 atom stereocenters. The average molecular weight is 168 g/mol. The molecule has 1 aromatic carbocycles. The summed E-state index contributed by atoms with van der Waals surface area (Å²) < 4.78 is 0. The molecule has 0 aromatic heterocycles. The van der Waals surface area contributed by atoms with Crippen LogP contribution in [0, 0.1) is 0 Å².